The van der Waals surface area contributed by atoms with Crippen molar-refractivity contribution in [1.29, 1.82) is 0 Å². The Hall–Kier alpha value is -1.84. The SMILES string of the molecule is COc1ccc(C)cc1CNC1CCN(Cc2ccccc2)C1. The average Bonchev–Trinajstić information content (AvgIpc) is 3.01. The molecule has 2 aromatic rings. The summed E-state index contributed by atoms with van der Waals surface area (Å²) < 4.78 is 5.47. The van der Waals surface area contributed by atoms with Gasteiger partial charge in [0.25, 0.3) is 0 Å². The minimum atomic E-state index is 0.559. The van der Waals surface area contributed by atoms with Gasteiger partial charge in [-0.05, 0) is 25.0 Å². The molecule has 122 valence electrons. The summed E-state index contributed by atoms with van der Waals surface area (Å²) in [7, 11) is 1.74. The average molecular weight is 310 g/mol. The number of methoxy groups -OCH3 is 1. The number of likely N-dealkylation sites (tertiary alicyclic amines) is 1. The minimum Gasteiger partial charge on any atom is -0.496 e. The number of ether oxygens (including phenoxy) is 1. The molecule has 0 aromatic heterocycles. The summed E-state index contributed by atoms with van der Waals surface area (Å²) in [5, 5.41) is 3.69. The van der Waals surface area contributed by atoms with Gasteiger partial charge in [-0.2, -0.15) is 0 Å². The van der Waals surface area contributed by atoms with Crippen LogP contribution in [0.5, 0.6) is 5.75 Å². The van der Waals surface area contributed by atoms with Crippen molar-refractivity contribution >= 4 is 0 Å². The second kappa shape index (κ2) is 7.62. The Bertz CT molecular complexity index is 627. The lowest BCUT2D eigenvalue weighted by Gasteiger charge is -2.17. The highest BCUT2D eigenvalue weighted by Crippen LogP contribution is 2.20. The van der Waals surface area contributed by atoms with Crippen LogP contribution < -0.4 is 10.1 Å². The smallest absolute Gasteiger partial charge is 0.123 e. The van der Waals surface area contributed by atoms with Crippen molar-refractivity contribution < 1.29 is 4.74 Å². The Morgan fingerprint density at radius 1 is 1.17 bits per heavy atom. The molecular formula is C20H26N2O. The van der Waals surface area contributed by atoms with Gasteiger partial charge in [0.05, 0.1) is 7.11 Å². The maximum Gasteiger partial charge on any atom is 0.123 e. The van der Waals surface area contributed by atoms with E-state index in [-0.39, 0.29) is 0 Å². The fourth-order valence-electron chi connectivity index (χ4n) is 3.28. The largest absolute Gasteiger partial charge is 0.496 e. The van der Waals surface area contributed by atoms with Crippen LogP contribution >= 0.6 is 0 Å². The zero-order chi connectivity index (χ0) is 16.1. The molecule has 1 unspecified atom stereocenters. The van der Waals surface area contributed by atoms with Gasteiger partial charge in [0, 0.05) is 37.8 Å². The van der Waals surface area contributed by atoms with Gasteiger partial charge < -0.3 is 10.1 Å². The Balaban J connectivity index is 1.51. The fraction of sp³-hybridized carbons (Fsp3) is 0.400. The molecule has 1 fully saturated rings. The van der Waals surface area contributed by atoms with Crippen LogP contribution in [0.25, 0.3) is 0 Å². The van der Waals surface area contributed by atoms with Crippen molar-refractivity contribution in [3.05, 3.63) is 65.2 Å². The van der Waals surface area contributed by atoms with Crippen molar-refractivity contribution in [1.82, 2.24) is 10.2 Å². The molecule has 0 aliphatic carbocycles. The van der Waals surface area contributed by atoms with Gasteiger partial charge >= 0.3 is 0 Å². The van der Waals surface area contributed by atoms with Gasteiger partial charge in [0.2, 0.25) is 0 Å². The molecule has 2 aromatic carbocycles. The topological polar surface area (TPSA) is 24.5 Å². The monoisotopic (exact) mass is 310 g/mol. The molecule has 0 spiro atoms. The molecule has 0 amide bonds. The van der Waals surface area contributed by atoms with Crippen LogP contribution in [-0.4, -0.2) is 31.1 Å². The lowest BCUT2D eigenvalue weighted by molar-refractivity contribution is 0.319. The van der Waals surface area contributed by atoms with Crippen molar-refractivity contribution in [2.75, 3.05) is 20.2 Å². The van der Waals surface area contributed by atoms with Crippen LogP contribution in [0, 0.1) is 6.92 Å². The van der Waals surface area contributed by atoms with Crippen LogP contribution in [0.2, 0.25) is 0 Å². The van der Waals surface area contributed by atoms with E-state index in [1.807, 2.05) is 0 Å². The molecule has 3 rings (SSSR count). The van der Waals surface area contributed by atoms with Crippen LogP contribution in [0.4, 0.5) is 0 Å². The van der Waals surface area contributed by atoms with Crippen LogP contribution in [0.3, 0.4) is 0 Å². The van der Waals surface area contributed by atoms with Gasteiger partial charge in [0.1, 0.15) is 5.75 Å². The Morgan fingerprint density at radius 3 is 2.78 bits per heavy atom. The number of aryl methyl sites for hydroxylation is 1. The van der Waals surface area contributed by atoms with Crippen LogP contribution in [-0.2, 0) is 13.1 Å². The third kappa shape index (κ3) is 4.34. The first kappa shape index (κ1) is 16.0. The quantitative estimate of drug-likeness (QED) is 0.885. The van der Waals surface area contributed by atoms with E-state index in [0.29, 0.717) is 6.04 Å². The van der Waals surface area contributed by atoms with E-state index in [2.05, 4.69) is 65.7 Å². The number of hydrogen-bond donors (Lipinski definition) is 1. The summed E-state index contributed by atoms with van der Waals surface area (Å²) >= 11 is 0. The molecule has 1 saturated heterocycles. The van der Waals surface area contributed by atoms with E-state index in [9.17, 15) is 0 Å². The first-order valence-corrected chi connectivity index (χ1v) is 8.38. The zero-order valence-electron chi connectivity index (χ0n) is 14.1. The predicted molar refractivity (Wildman–Crippen MR) is 94.7 cm³/mol. The van der Waals surface area contributed by atoms with Crippen molar-refractivity contribution in [3.63, 3.8) is 0 Å². The maximum atomic E-state index is 5.47. The van der Waals surface area contributed by atoms with E-state index < -0.39 is 0 Å². The molecule has 0 radical (unpaired) electrons. The molecule has 1 aliphatic rings. The highest BCUT2D eigenvalue weighted by Gasteiger charge is 2.22. The van der Waals surface area contributed by atoms with E-state index in [1.54, 1.807) is 7.11 Å². The Kier molecular flexibility index (Phi) is 5.31. The molecular weight excluding hydrogens is 284 g/mol. The van der Waals surface area contributed by atoms with Crippen molar-refractivity contribution in [2.45, 2.75) is 32.5 Å². The van der Waals surface area contributed by atoms with E-state index in [0.717, 1.165) is 31.9 Å². The summed E-state index contributed by atoms with van der Waals surface area (Å²) in [5.74, 6) is 0.974. The summed E-state index contributed by atoms with van der Waals surface area (Å²) in [6.45, 7) is 6.32. The molecule has 1 atom stereocenters. The summed E-state index contributed by atoms with van der Waals surface area (Å²) in [5.41, 5.74) is 3.92. The number of nitrogens with zero attached hydrogens (tertiary/aromatic N) is 1. The maximum absolute atomic E-state index is 5.47. The molecule has 1 N–H and O–H groups in total. The van der Waals surface area contributed by atoms with Gasteiger partial charge in [-0.1, -0.05) is 48.0 Å². The van der Waals surface area contributed by atoms with E-state index in [1.165, 1.54) is 23.1 Å². The third-order valence-corrected chi connectivity index (χ3v) is 4.54. The number of rotatable bonds is 6. The second-order valence-electron chi connectivity index (χ2n) is 6.40. The highest BCUT2D eigenvalue weighted by atomic mass is 16.5. The molecule has 1 aliphatic heterocycles. The number of benzene rings is 2. The zero-order valence-corrected chi connectivity index (χ0v) is 14.1. The van der Waals surface area contributed by atoms with E-state index >= 15 is 0 Å². The molecule has 3 nitrogen and oxygen atoms in total. The lowest BCUT2D eigenvalue weighted by atomic mass is 10.1. The van der Waals surface area contributed by atoms with Gasteiger partial charge in [-0.3, -0.25) is 4.90 Å². The van der Waals surface area contributed by atoms with Gasteiger partial charge in [-0.15, -0.1) is 0 Å². The molecule has 0 bridgehead atoms. The first-order valence-electron chi connectivity index (χ1n) is 8.38. The molecule has 1 heterocycles. The standard InChI is InChI=1S/C20H26N2O/c1-16-8-9-20(23-2)18(12-16)13-21-19-10-11-22(15-19)14-17-6-4-3-5-7-17/h3-9,12,19,21H,10-11,13-15H2,1-2H3. The minimum absolute atomic E-state index is 0.559. The van der Waals surface area contributed by atoms with Crippen molar-refractivity contribution in [3.8, 4) is 5.75 Å². The lowest BCUT2D eigenvalue weighted by Crippen LogP contribution is -2.32. The molecule has 23 heavy (non-hydrogen) atoms. The fourth-order valence-corrected chi connectivity index (χ4v) is 3.28. The highest BCUT2D eigenvalue weighted by molar-refractivity contribution is 5.36. The summed E-state index contributed by atoms with van der Waals surface area (Å²) in [6, 6.07) is 17.6. The second-order valence-corrected chi connectivity index (χ2v) is 6.40. The third-order valence-electron chi connectivity index (χ3n) is 4.54. The van der Waals surface area contributed by atoms with Gasteiger partial charge in [0.15, 0.2) is 0 Å². The Morgan fingerprint density at radius 2 is 2.00 bits per heavy atom. The summed E-state index contributed by atoms with van der Waals surface area (Å²) in [4.78, 5) is 2.53. The van der Waals surface area contributed by atoms with E-state index in [4.69, 9.17) is 4.74 Å². The first-order chi connectivity index (χ1) is 11.2. The van der Waals surface area contributed by atoms with Crippen LogP contribution in [0.1, 0.15) is 23.1 Å². The molecule has 3 heteroatoms. The Labute approximate surface area is 139 Å². The number of hydrogen-bond acceptors (Lipinski definition) is 3. The molecule has 0 saturated carbocycles. The predicted octanol–water partition coefficient (Wildman–Crippen LogP) is 3.37. The van der Waals surface area contributed by atoms with Gasteiger partial charge in [-0.25, -0.2) is 0 Å². The van der Waals surface area contributed by atoms with Crippen molar-refractivity contribution in [2.24, 2.45) is 0 Å². The summed E-state index contributed by atoms with van der Waals surface area (Å²) in [6.07, 6.45) is 1.21. The number of nitrogens with one attached hydrogen (secondary N) is 1. The van der Waals surface area contributed by atoms with Crippen LogP contribution in [0.15, 0.2) is 48.5 Å². The normalized spacial score (nSPS) is 18.3.